The number of hydrogen-bond acceptors (Lipinski definition) is 6. The fourth-order valence-electron chi connectivity index (χ4n) is 4.39. The van der Waals surface area contributed by atoms with Gasteiger partial charge in [-0.1, -0.05) is 130 Å². The van der Waals surface area contributed by atoms with Crippen LogP contribution in [0.25, 0.3) is 0 Å². The molecule has 0 amide bonds. The number of hydrogen-bond donors (Lipinski definition) is 3. The zero-order valence-corrected chi connectivity index (χ0v) is 24.8. The number of aliphatic hydroxyl groups is 1. The third kappa shape index (κ3) is 18.8. The summed E-state index contributed by atoms with van der Waals surface area (Å²) in [7, 11) is -2.07. The first-order chi connectivity index (χ1) is 16.8. The molecular formula is C27H55O6PS. The lowest BCUT2D eigenvalue weighted by Gasteiger charge is -2.28. The molecule has 0 saturated carbocycles. The molecule has 0 aliphatic heterocycles. The fraction of sp³-hybridized carbons (Fsp3) is 0.963. The van der Waals surface area contributed by atoms with Crippen LogP contribution >= 0.6 is 21.1 Å². The number of thiol groups is 1. The molecular weight excluding hydrogens is 483 g/mol. The third-order valence-electron chi connectivity index (χ3n) is 6.64. The standard InChI is InChI=1S/C27H55O6PS/c1-4-7-9-11-13-14-15-17-19-21-23(20-18-16-12-10-8-5-2)22-25(35)32-24(6-3)33-27(30,34-31)26(28)29/h23-25,30,35H,4-22,34H2,1-3H3,(H,28,29). The highest BCUT2D eigenvalue weighted by atomic mass is 32.1. The summed E-state index contributed by atoms with van der Waals surface area (Å²) < 4.78 is 22.2. The molecule has 0 aliphatic rings. The van der Waals surface area contributed by atoms with Crippen LogP contribution in [-0.2, 0) is 18.8 Å². The highest BCUT2D eigenvalue weighted by molar-refractivity contribution is 7.80. The van der Waals surface area contributed by atoms with Gasteiger partial charge in [0, 0.05) is 0 Å². The molecule has 0 fully saturated rings. The van der Waals surface area contributed by atoms with E-state index in [1.807, 2.05) is 0 Å². The van der Waals surface area contributed by atoms with Crippen molar-refractivity contribution in [3.8, 4) is 0 Å². The van der Waals surface area contributed by atoms with E-state index in [0.717, 1.165) is 19.3 Å². The molecule has 5 atom stereocenters. The second-order valence-corrected chi connectivity index (χ2v) is 11.5. The Balaban J connectivity index is 4.57. The summed E-state index contributed by atoms with van der Waals surface area (Å²) >= 11 is 4.60. The van der Waals surface area contributed by atoms with Gasteiger partial charge in [0.05, 0.1) is 0 Å². The summed E-state index contributed by atoms with van der Waals surface area (Å²) in [5.74, 6) is -1.17. The molecule has 0 bridgehead atoms. The van der Waals surface area contributed by atoms with E-state index in [0.29, 0.717) is 12.3 Å². The molecule has 0 aromatic rings. The molecule has 0 radical (unpaired) electrons. The summed E-state index contributed by atoms with van der Waals surface area (Å²) in [6.07, 6.45) is 21.8. The minimum atomic E-state index is -2.69. The monoisotopic (exact) mass is 538 g/mol. The molecule has 0 rings (SSSR count). The van der Waals surface area contributed by atoms with Crippen molar-refractivity contribution in [3.63, 3.8) is 0 Å². The number of carboxylic acid groups (broad SMARTS) is 1. The SMILES string of the molecule is CCCCCCCCCCCC(CCCCCCCC)CC(S)OC(CC)OC(O)([PH2]=O)C(=O)O. The molecule has 35 heavy (non-hydrogen) atoms. The van der Waals surface area contributed by atoms with Crippen molar-refractivity contribution in [2.24, 2.45) is 5.92 Å². The Morgan fingerprint density at radius 3 is 1.63 bits per heavy atom. The van der Waals surface area contributed by atoms with E-state index in [-0.39, 0.29) is 0 Å². The van der Waals surface area contributed by atoms with E-state index < -0.39 is 31.7 Å². The Labute approximate surface area is 221 Å². The average Bonchev–Trinajstić information content (AvgIpc) is 2.84. The van der Waals surface area contributed by atoms with E-state index in [9.17, 15) is 14.5 Å². The smallest absolute Gasteiger partial charge is 0.371 e. The van der Waals surface area contributed by atoms with Crippen molar-refractivity contribution in [1.82, 2.24) is 0 Å². The first-order valence-corrected chi connectivity index (χ1v) is 15.8. The molecule has 210 valence electrons. The molecule has 0 spiro atoms. The van der Waals surface area contributed by atoms with Crippen molar-refractivity contribution in [1.29, 1.82) is 0 Å². The van der Waals surface area contributed by atoms with Gasteiger partial charge >= 0.3 is 11.5 Å². The lowest BCUT2D eigenvalue weighted by Crippen LogP contribution is -2.40. The second kappa shape index (κ2) is 23.1. The van der Waals surface area contributed by atoms with Crippen LogP contribution in [0, 0.1) is 5.92 Å². The third-order valence-corrected chi connectivity index (χ3v) is 7.67. The summed E-state index contributed by atoms with van der Waals surface area (Å²) in [4.78, 5) is 11.2. The van der Waals surface area contributed by atoms with Gasteiger partial charge in [0.1, 0.15) is 13.9 Å². The lowest BCUT2D eigenvalue weighted by atomic mass is 9.91. The maximum Gasteiger partial charge on any atom is 0.371 e. The molecule has 0 heterocycles. The highest BCUT2D eigenvalue weighted by Crippen LogP contribution is 2.29. The Morgan fingerprint density at radius 1 is 0.829 bits per heavy atom. The van der Waals surface area contributed by atoms with Crippen molar-refractivity contribution < 1.29 is 29.0 Å². The van der Waals surface area contributed by atoms with E-state index in [2.05, 4.69) is 26.5 Å². The zero-order valence-electron chi connectivity index (χ0n) is 22.7. The molecule has 6 nitrogen and oxygen atoms in total. The van der Waals surface area contributed by atoms with Crippen LogP contribution in [0.4, 0.5) is 0 Å². The topological polar surface area (TPSA) is 93.1 Å². The normalized spacial score (nSPS) is 16.4. The van der Waals surface area contributed by atoms with Crippen molar-refractivity contribution in [3.05, 3.63) is 0 Å². The molecule has 5 unspecified atom stereocenters. The summed E-state index contributed by atoms with van der Waals surface area (Å²) in [6.45, 7) is 6.25. The van der Waals surface area contributed by atoms with Gasteiger partial charge in [-0.2, -0.15) is 0 Å². The predicted molar refractivity (Wildman–Crippen MR) is 150 cm³/mol. The van der Waals surface area contributed by atoms with Crippen molar-refractivity contribution in [2.45, 2.75) is 160 Å². The molecule has 2 N–H and O–H groups in total. The second-order valence-electron chi connectivity index (χ2n) is 9.94. The van der Waals surface area contributed by atoms with Crippen LogP contribution in [0.5, 0.6) is 0 Å². The largest absolute Gasteiger partial charge is 0.477 e. The van der Waals surface area contributed by atoms with Crippen LogP contribution in [0.3, 0.4) is 0 Å². The predicted octanol–water partition coefficient (Wildman–Crippen LogP) is 8.18. The molecule has 0 aromatic carbocycles. The molecule has 0 aliphatic carbocycles. The summed E-state index contributed by atoms with van der Waals surface area (Å²) in [6, 6.07) is 0. The van der Waals surface area contributed by atoms with Gasteiger partial charge < -0.3 is 24.3 Å². The van der Waals surface area contributed by atoms with Crippen LogP contribution in [0.2, 0.25) is 0 Å². The summed E-state index contributed by atoms with van der Waals surface area (Å²) in [5.41, 5.74) is -3.12. The molecule has 8 heteroatoms. The Kier molecular flexibility index (Phi) is 23.0. The van der Waals surface area contributed by atoms with E-state index in [1.54, 1.807) is 6.92 Å². The molecule has 0 aromatic heterocycles. The van der Waals surface area contributed by atoms with Crippen LogP contribution in [0.1, 0.15) is 143 Å². The maximum absolute atomic E-state index is 11.2. The van der Waals surface area contributed by atoms with Gasteiger partial charge in [-0.25, -0.2) is 4.79 Å². The Hall–Kier alpha value is -0.0700. The quantitative estimate of drug-likeness (QED) is 0.0445. The van der Waals surface area contributed by atoms with E-state index >= 15 is 0 Å². The van der Waals surface area contributed by atoms with Crippen LogP contribution < -0.4 is 0 Å². The van der Waals surface area contributed by atoms with Gasteiger partial charge in [-0.05, 0) is 18.8 Å². The summed E-state index contributed by atoms with van der Waals surface area (Å²) in [5, 5.41) is 19.1. The lowest BCUT2D eigenvalue weighted by molar-refractivity contribution is -0.256. The minimum Gasteiger partial charge on any atom is -0.477 e. The van der Waals surface area contributed by atoms with E-state index in [4.69, 9.17) is 14.6 Å². The number of carbonyl (C=O) groups is 1. The van der Waals surface area contributed by atoms with Gasteiger partial charge in [-0.15, -0.1) is 12.6 Å². The minimum absolute atomic E-state index is 0.326. The number of ether oxygens (including phenoxy) is 2. The van der Waals surface area contributed by atoms with Crippen LogP contribution in [0.15, 0.2) is 0 Å². The Morgan fingerprint density at radius 2 is 1.26 bits per heavy atom. The highest BCUT2D eigenvalue weighted by Gasteiger charge is 2.39. The van der Waals surface area contributed by atoms with Crippen molar-refractivity contribution in [2.75, 3.05) is 0 Å². The van der Waals surface area contributed by atoms with Gasteiger partial charge in [0.25, 0.3) is 0 Å². The average molecular weight is 539 g/mol. The fourth-order valence-corrected chi connectivity index (χ4v) is 5.13. The van der Waals surface area contributed by atoms with Crippen LogP contribution in [-0.4, -0.2) is 33.4 Å². The van der Waals surface area contributed by atoms with Crippen molar-refractivity contribution >= 4 is 27.1 Å². The van der Waals surface area contributed by atoms with E-state index in [1.165, 1.54) is 96.3 Å². The maximum atomic E-state index is 11.2. The Bertz CT molecular complexity index is 524. The number of carboxylic acids is 1. The number of rotatable bonds is 26. The van der Waals surface area contributed by atoms with Gasteiger partial charge in [-0.3, -0.25) is 0 Å². The number of aliphatic carboxylic acids is 1. The van der Waals surface area contributed by atoms with Gasteiger partial charge in [0.2, 0.25) is 0 Å². The first kappa shape index (κ1) is 34.9. The first-order valence-electron chi connectivity index (χ1n) is 14.3. The van der Waals surface area contributed by atoms with Gasteiger partial charge in [0.15, 0.2) is 6.29 Å². The number of unbranched alkanes of at least 4 members (excludes halogenated alkanes) is 13. The molecule has 0 saturated heterocycles. The zero-order chi connectivity index (χ0) is 26.4.